The molecule has 3 heterocycles. The molecule has 0 radical (unpaired) electrons. The minimum atomic E-state index is -0.100. The lowest BCUT2D eigenvalue weighted by atomic mass is 9.96. The van der Waals surface area contributed by atoms with Crippen molar-refractivity contribution in [2.45, 2.75) is 32.4 Å². The first-order chi connectivity index (χ1) is 15.9. The van der Waals surface area contributed by atoms with Gasteiger partial charge in [0.05, 0.1) is 30.6 Å². The first-order valence-electron chi connectivity index (χ1n) is 10.9. The highest BCUT2D eigenvalue weighted by Gasteiger charge is 2.41. The number of ether oxygens (including phenoxy) is 1. The minimum Gasteiger partial charge on any atom is -0.495 e. The van der Waals surface area contributed by atoms with Gasteiger partial charge >= 0.3 is 0 Å². The Kier molecular flexibility index (Phi) is 6.65. The molecule has 0 saturated carbocycles. The van der Waals surface area contributed by atoms with Crippen LogP contribution in [0.2, 0.25) is 0 Å². The fourth-order valence-corrected chi connectivity index (χ4v) is 4.68. The number of amides is 1. The second-order valence-electron chi connectivity index (χ2n) is 8.20. The van der Waals surface area contributed by atoms with Gasteiger partial charge in [-0.2, -0.15) is 0 Å². The Bertz CT molecular complexity index is 1160. The quantitative estimate of drug-likeness (QED) is 0.515. The fourth-order valence-electron chi connectivity index (χ4n) is 4.35. The molecule has 4 rings (SSSR count). The third-order valence-corrected chi connectivity index (χ3v) is 6.64. The molecule has 1 amide bonds. The number of anilines is 1. The van der Waals surface area contributed by atoms with Gasteiger partial charge in [-0.1, -0.05) is 18.2 Å². The summed E-state index contributed by atoms with van der Waals surface area (Å²) in [5.74, 6) is 0.538. The van der Waals surface area contributed by atoms with Crippen molar-refractivity contribution in [3.8, 4) is 5.75 Å². The first kappa shape index (κ1) is 22.8. The van der Waals surface area contributed by atoms with Crippen molar-refractivity contribution in [3.63, 3.8) is 0 Å². The zero-order chi connectivity index (χ0) is 23.5. The zero-order valence-electron chi connectivity index (χ0n) is 19.3. The van der Waals surface area contributed by atoms with Crippen molar-refractivity contribution in [2.24, 2.45) is 7.05 Å². The van der Waals surface area contributed by atoms with Crippen LogP contribution in [0.4, 0.5) is 5.69 Å². The van der Waals surface area contributed by atoms with Gasteiger partial charge in [-0.15, -0.1) is 0 Å². The number of benzene rings is 1. The largest absolute Gasteiger partial charge is 0.495 e. The topological polar surface area (TPSA) is 71.4 Å². The van der Waals surface area contributed by atoms with Crippen LogP contribution in [-0.2, 0) is 11.8 Å². The van der Waals surface area contributed by atoms with Gasteiger partial charge in [-0.25, -0.2) is 0 Å². The SMILES string of the molecule is COc1ccccc1NC(=O)CCN1C(=S)N[C@@H](c2ccccn2)[C@@H]1c1cc(C)n(C)c1C. The average Bonchev–Trinajstić information content (AvgIpc) is 3.29. The lowest BCUT2D eigenvalue weighted by molar-refractivity contribution is -0.116. The summed E-state index contributed by atoms with van der Waals surface area (Å²) in [4.78, 5) is 19.5. The van der Waals surface area contributed by atoms with Gasteiger partial charge in [0.25, 0.3) is 0 Å². The number of aromatic nitrogens is 2. The molecule has 8 heteroatoms. The van der Waals surface area contributed by atoms with Crippen molar-refractivity contribution < 1.29 is 9.53 Å². The Balaban J connectivity index is 1.58. The molecular weight excluding hydrogens is 434 g/mol. The predicted octanol–water partition coefficient (Wildman–Crippen LogP) is 4.05. The molecule has 1 aromatic carbocycles. The Morgan fingerprint density at radius 2 is 1.97 bits per heavy atom. The van der Waals surface area contributed by atoms with E-state index in [9.17, 15) is 4.79 Å². The Morgan fingerprint density at radius 3 is 2.64 bits per heavy atom. The summed E-state index contributed by atoms with van der Waals surface area (Å²) in [5, 5.41) is 7.03. The lowest BCUT2D eigenvalue weighted by Gasteiger charge is -2.28. The van der Waals surface area contributed by atoms with E-state index in [1.165, 1.54) is 17.0 Å². The molecule has 33 heavy (non-hydrogen) atoms. The van der Waals surface area contributed by atoms with E-state index in [2.05, 4.69) is 52.0 Å². The number of nitrogens with zero attached hydrogens (tertiary/aromatic N) is 3. The normalized spacial score (nSPS) is 17.7. The Hall–Kier alpha value is -3.39. The fraction of sp³-hybridized carbons (Fsp3) is 0.320. The summed E-state index contributed by atoms with van der Waals surface area (Å²) >= 11 is 5.73. The summed E-state index contributed by atoms with van der Waals surface area (Å²) in [6.07, 6.45) is 2.08. The van der Waals surface area contributed by atoms with Crippen LogP contribution in [0.5, 0.6) is 5.75 Å². The number of aryl methyl sites for hydroxylation is 1. The molecule has 1 aliphatic heterocycles. The van der Waals surface area contributed by atoms with Crippen molar-refractivity contribution >= 4 is 28.9 Å². The second kappa shape index (κ2) is 9.62. The molecule has 2 atom stereocenters. The van der Waals surface area contributed by atoms with Crippen LogP contribution in [0.1, 0.15) is 41.1 Å². The first-order valence-corrected chi connectivity index (χ1v) is 11.3. The monoisotopic (exact) mass is 463 g/mol. The van der Waals surface area contributed by atoms with Crippen LogP contribution < -0.4 is 15.4 Å². The summed E-state index contributed by atoms with van der Waals surface area (Å²) in [6.45, 7) is 4.69. The van der Waals surface area contributed by atoms with Crippen LogP contribution in [0.3, 0.4) is 0 Å². The highest BCUT2D eigenvalue weighted by Crippen LogP contribution is 2.40. The van der Waals surface area contributed by atoms with Crippen LogP contribution in [-0.4, -0.2) is 39.1 Å². The van der Waals surface area contributed by atoms with E-state index in [1.807, 2.05) is 42.5 Å². The number of thiocarbonyl (C=S) groups is 1. The number of hydrogen-bond acceptors (Lipinski definition) is 4. The number of para-hydroxylation sites is 2. The summed E-state index contributed by atoms with van der Waals surface area (Å²) in [5.41, 5.74) is 5.11. The second-order valence-corrected chi connectivity index (χ2v) is 8.59. The summed E-state index contributed by atoms with van der Waals surface area (Å²) in [7, 11) is 3.65. The molecule has 1 saturated heterocycles. The van der Waals surface area contributed by atoms with Crippen LogP contribution in [0.15, 0.2) is 54.7 Å². The van der Waals surface area contributed by atoms with E-state index >= 15 is 0 Å². The summed E-state index contributed by atoms with van der Waals surface area (Å²) < 4.78 is 7.52. The predicted molar refractivity (Wildman–Crippen MR) is 133 cm³/mol. The van der Waals surface area contributed by atoms with Crippen LogP contribution in [0.25, 0.3) is 0 Å². The molecule has 0 spiro atoms. The lowest BCUT2D eigenvalue weighted by Crippen LogP contribution is -2.33. The Morgan fingerprint density at radius 1 is 1.21 bits per heavy atom. The van der Waals surface area contributed by atoms with E-state index in [0.717, 1.165) is 5.69 Å². The van der Waals surface area contributed by atoms with Crippen LogP contribution in [0, 0.1) is 13.8 Å². The molecule has 2 aromatic heterocycles. The van der Waals surface area contributed by atoms with Gasteiger partial charge in [0.15, 0.2) is 5.11 Å². The number of nitrogens with one attached hydrogen (secondary N) is 2. The van der Waals surface area contributed by atoms with Gasteiger partial charge in [-0.05, 0) is 62.0 Å². The van der Waals surface area contributed by atoms with Gasteiger partial charge in [-0.3, -0.25) is 9.78 Å². The summed E-state index contributed by atoms with van der Waals surface area (Å²) in [6, 6.07) is 15.3. The number of carbonyl (C=O) groups is 1. The maximum absolute atomic E-state index is 12.8. The van der Waals surface area contributed by atoms with Gasteiger partial charge in [0.2, 0.25) is 5.91 Å². The molecule has 1 aliphatic rings. The highest BCUT2D eigenvalue weighted by molar-refractivity contribution is 7.80. The molecule has 0 aliphatic carbocycles. The van der Waals surface area contributed by atoms with Gasteiger partial charge < -0.3 is 24.8 Å². The minimum absolute atomic E-state index is 0.0636. The average molecular weight is 464 g/mol. The molecular formula is C25H29N5O2S. The Labute approximate surface area is 199 Å². The van der Waals surface area contributed by atoms with Gasteiger partial charge in [0.1, 0.15) is 5.75 Å². The molecule has 1 fully saturated rings. The number of hydrogen-bond donors (Lipinski definition) is 2. The highest BCUT2D eigenvalue weighted by atomic mass is 32.1. The third-order valence-electron chi connectivity index (χ3n) is 6.29. The molecule has 2 N–H and O–H groups in total. The smallest absolute Gasteiger partial charge is 0.226 e. The molecule has 0 bridgehead atoms. The maximum atomic E-state index is 12.8. The van der Waals surface area contributed by atoms with Crippen molar-refractivity contribution in [3.05, 3.63) is 77.4 Å². The van der Waals surface area contributed by atoms with E-state index in [1.54, 1.807) is 13.3 Å². The zero-order valence-corrected chi connectivity index (χ0v) is 20.1. The number of rotatable bonds is 7. The molecule has 172 valence electrons. The number of carbonyl (C=O) groups excluding carboxylic acids is 1. The van der Waals surface area contributed by atoms with E-state index in [0.29, 0.717) is 23.1 Å². The molecule has 3 aromatic rings. The van der Waals surface area contributed by atoms with Crippen molar-refractivity contribution in [1.82, 2.24) is 19.8 Å². The standard InChI is InChI=1S/C25H29N5O2S/c1-16-15-18(17(2)29(16)3)24-23(20-10-7-8-13-26-20)28-25(33)30(24)14-12-22(31)27-19-9-5-6-11-21(19)32-4/h5-11,13,15,23-24H,12,14H2,1-4H3,(H,27,31)(H,28,33)/t23-,24-/m0/s1. The molecule has 0 unspecified atom stereocenters. The van der Waals surface area contributed by atoms with Crippen LogP contribution >= 0.6 is 12.2 Å². The number of methoxy groups -OCH3 is 1. The molecule has 7 nitrogen and oxygen atoms in total. The third kappa shape index (κ3) is 4.57. The van der Waals surface area contributed by atoms with E-state index in [-0.39, 0.29) is 24.4 Å². The van der Waals surface area contributed by atoms with Crippen molar-refractivity contribution in [1.29, 1.82) is 0 Å². The van der Waals surface area contributed by atoms with Crippen molar-refractivity contribution in [2.75, 3.05) is 19.0 Å². The number of pyridine rings is 1. The van der Waals surface area contributed by atoms with E-state index in [4.69, 9.17) is 17.0 Å². The van der Waals surface area contributed by atoms with E-state index < -0.39 is 0 Å². The maximum Gasteiger partial charge on any atom is 0.226 e. The van der Waals surface area contributed by atoms with Gasteiger partial charge in [0, 0.05) is 37.6 Å².